The van der Waals surface area contributed by atoms with Crippen LogP contribution in [-0.2, 0) is 4.74 Å². The molecule has 0 bridgehead atoms. The SMILES string of the molecule is NC(=O)OCC1N=C(N)N2CCC(O)(O)C23N=C(N)CC13. The fourth-order valence-corrected chi connectivity index (χ4v) is 3.54. The molecule has 1 fully saturated rings. The lowest BCUT2D eigenvalue weighted by Crippen LogP contribution is -2.67. The largest absolute Gasteiger partial charge is 0.447 e. The third-order valence-corrected chi connectivity index (χ3v) is 4.38. The minimum atomic E-state index is -2.08. The number of guanidine groups is 1. The van der Waals surface area contributed by atoms with Gasteiger partial charge in [0.05, 0.1) is 11.9 Å². The average molecular weight is 298 g/mol. The molecule has 116 valence electrons. The van der Waals surface area contributed by atoms with E-state index in [0.717, 1.165) is 0 Å². The molecule has 10 heteroatoms. The van der Waals surface area contributed by atoms with Gasteiger partial charge in [0.15, 0.2) is 11.6 Å². The summed E-state index contributed by atoms with van der Waals surface area (Å²) >= 11 is 0. The molecule has 1 spiro atoms. The number of ether oxygens (including phenoxy) is 1. The van der Waals surface area contributed by atoms with Gasteiger partial charge in [-0.05, 0) is 0 Å². The monoisotopic (exact) mass is 298 g/mol. The Balaban J connectivity index is 2.01. The fraction of sp³-hybridized carbons (Fsp3) is 0.727. The number of carbonyl (C=O) groups excluding carboxylic acids is 1. The van der Waals surface area contributed by atoms with E-state index in [9.17, 15) is 15.0 Å². The number of nitrogens with two attached hydrogens (primary N) is 3. The summed E-state index contributed by atoms with van der Waals surface area (Å²) in [4.78, 5) is 20.9. The van der Waals surface area contributed by atoms with Crippen LogP contribution in [0.3, 0.4) is 0 Å². The summed E-state index contributed by atoms with van der Waals surface area (Å²) in [7, 11) is 0. The van der Waals surface area contributed by atoms with E-state index in [1.54, 1.807) is 4.90 Å². The molecular weight excluding hydrogens is 280 g/mol. The molecule has 3 aliphatic heterocycles. The fourth-order valence-electron chi connectivity index (χ4n) is 3.54. The number of nitrogens with zero attached hydrogens (tertiary/aromatic N) is 3. The molecule has 0 radical (unpaired) electrons. The van der Waals surface area contributed by atoms with Crippen LogP contribution in [0.4, 0.5) is 4.79 Å². The van der Waals surface area contributed by atoms with Crippen molar-refractivity contribution in [3.8, 4) is 0 Å². The van der Waals surface area contributed by atoms with Crippen molar-refractivity contribution in [1.82, 2.24) is 4.90 Å². The first-order valence-electron chi connectivity index (χ1n) is 6.60. The van der Waals surface area contributed by atoms with Crippen LogP contribution >= 0.6 is 0 Å². The quantitative estimate of drug-likeness (QED) is 0.343. The summed E-state index contributed by atoms with van der Waals surface area (Å²) in [5.74, 6) is -2.13. The van der Waals surface area contributed by atoms with Crippen LogP contribution in [0.25, 0.3) is 0 Å². The Morgan fingerprint density at radius 2 is 2.19 bits per heavy atom. The number of primary amides is 1. The van der Waals surface area contributed by atoms with E-state index >= 15 is 0 Å². The molecule has 3 unspecified atom stereocenters. The molecule has 0 saturated carbocycles. The number of aliphatic hydroxyl groups is 2. The number of amidine groups is 1. The maximum absolute atomic E-state index is 10.8. The molecule has 0 aliphatic carbocycles. The highest BCUT2D eigenvalue weighted by Gasteiger charge is 2.68. The molecule has 8 N–H and O–H groups in total. The zero-order valence-corrected chi connectivity index (χ0v) is 11.3. The van der Waals surface area contributed by atoms with Gasteiger partial charge in [-0.2, -0.15) is 0 Å². The van der Waals surface area contributed by atoms with Gasteiger partial charge in [-0.1, -0.05) is 0 Å². The minimum Gasteiger partial charge on any atom is -0.447 e. The second kappa shape index (κ2) is 4.21. The second-order valence-corrected chi connectivity index (χ2v) is 5.54. The van der Waals surface area contributed by atoms with E-state index in [-0.39, 0.29) is 24.8 Å². The average Bonchev–Trinajstić information content (AvgIpc) is 2.85. The number of hydrogen-bond donors (Lipinski definition) is 5. The van der Waals surface area contributed by atoms with Gasteiger partial charge in [-0.25, -0.2) is 14.8 Å². The van der Waals surface area contributed by atoms with Crippen molar-refractivity contribution in [2.24, 2.45) is 33.1 Å². The molecule has 1 saturated heterocycles. The summed E-state index contributed by atoms with van der Waals surface area (Å²) in [5, 5.41) is 20.8. The molecule has 0 aromatic carbocycles. The van der Waals surface area contributed by atoms with Crippen molar-refractivity contribution in [1.29, 1.82) is 0 Å². The highest BCUT2D eigenvalue weighted by molar-refractivity contribution is 5.87. The summed E-state index contributed by atoms with van der Waals surface area (Å²) in [5.41, 5.74) is 15.3. The van der Waals surface area contributed by atoms with Crippen molar-refractivity contribution in [2.45, 2.75) is 30.3 Å². The van der Waals surface area contributed by atoms with Crippen molar-refractivity contribution >= 4 is 17.9 Å². The first-order valence-corrected chi connectivity index (χ1v) is 6.60. The van der Waals surface area contributed by atoms with Crippen LogP contribution in [0.15, 0.2) is 9.98 Å². The minimum absolute atomic E-state index is 0.0693. The predicted molar refractivity (Wildman–Crippen MR) is 71.9 cm³/mol. The van der Waals surface area contributed by atoms with Gasteiger partial charge in [-0.3, -0.25) is 0 Å². The van der Waals surface area contributed by atoms with Gasteiger partial charge in [0.2, 0.25) is 5.79 Å². The molecule has 10 nitrogen and oxygen atoms in total. The van der Waals surface area contributed by atoms with E-state index in [0.29, 0.717) is 13.0 Å². The van der Waals surface area contributed by atoms with Gasteiger partial charge in [-0.15, -0.1) is 0 Å². The lowest BCUT2D eigenvalue weighted by Gasteiger charge is -2.47. The van der Waals surface area contributed by atoms with Crippen LogP contribution in [0.2, 0.25) is 0 Å². The van der Waals surface area contributed by atoms with Gasteiger partial charge < -0.3 is 37.1 Å². The van der Waals surface area contributed by atoms with Crippen LogP contribution in [-0.4, -0.2) is 63.6 Å². The van der Waals surface area contributed by atoms with E-state index < -0.39 is 29.5 Å². The molecule has 1 amide bonds. The maximum atomic E-state index is 10.8. The molecule has 0 aromatic heterocycles. The van der Waals surface area contributed by atoms with E-state index in [1.807, 2.05) is 0 Å². The normalized spacial score (nSPS) is 36.6. The van der Waals surface area contributed by atoms with E-state index in [2.05, 4.69) is 9.98 Å². The van der Waals surface area contributed by atoms with E-state index in [1.165, 1.54) is 0 Å². The first-order chi connectivity index (χ1) is 9.78. The summed E-state index contributed by atoms with van der Waals surface area (Å²) in [6.07, 6.45) is -0.555. The Labute approximate surface area is 120 Å². The van der Waals surface area contributed by atoms with Gasteiger partial charge in [0.1, 0.15) is 6.61 Å². The highest BCUT2D eigenvalue weighted by atomic mass is 16.5. The van der Waals surface area contributed by atoms with E-state index in [4.69, 9.17) is 21.9 Å². The maximum Gasteiger partial charge on any atom is 0.404 e. The van der Waals surface area contributed by atoms with Gasteiger partial charge in [0, 0.05) is 25.3 Å². The Hall–Kier alpha value is -2.07. The first kappa shape index (κ1) is 13.9. The number of amides is 1. The summed E-state index contributed by atoms with van der Waals surface area (Å²) in [6.45, 7) is 0.189. The van der Waals surface area contributed by atoms with Crippen LogP contribution < -0.4 is 17.2 Å². The summed E-state index contributed by atoms with van der Waals surface area (Å²) < 4.78 is 4.79. The number of carbonyl (C=O) groups is 1. The zero-order valence-electron chi connectivity index (χ0n) is 11.3. The number of hydrogen-bond acceptors (Lipinski definition) is 9. The highest BCUT2D eigenvalue weighted by Crippen LogP contribution is 2.51. The zero-order chi connectivity index (χ0) is 15.4. The van der Waals surface area contributed by atoms with Crippen LogP contribution in [0, 0.1) is 5.92 Å². The van der Waals surface area contributed by atoms with Crippen molar-refractivity contribution in [2.75, 3.05) is 13.2 Å². The smallest absolute Gasteiger partial charge is 0.404 e. The third kappa shape index (κ3) is 1.75. The Morgan fingerprint density at radius 1 is 1.48 bits per heavy atom. The summed E-state index contributed by atoms with van der Waals surface area (Å²) in [6, 6.07) is -0.588. The molecule has 3 atom stereocenters. The second-order valence-electron chi connectivity index (χ2n) is 5.54. The molecule has 21 heavy (non-hydrogen) atoms. The number of rotatable bonds is 2. The predicted octanol–water partition coefficient (Wildman–Crippen LogP) is -2.76. The topological polar surface area (TPSA) is 173 Å². The van der Waals surface area contributed by atoms with Crippen LogP contribution in [0.5, 0.6) is 0 Å². The molecular formula is C11H18N6O4. The molecule has 3 heterocycles. The lowest BCUT2D eigenvalue weighted by atomic mass is 9.80. The lowest BCUT2D eigenvalue weighted by molar-refractivity contribution is -0.223. The third-order valence-electron chi connectivity index (χ3n) is 4.38. The molecule has 0 aromatic rings. The standard InChI is InChI=1S/C11H18N6O4/c12-7-3-5-6(4-21-9(14)18)15-8(13)17-2-1-10(19,20)11(5,17)16-7/h5-6,19-20H,1-4H2,(H2,12,16)(H2,13,15)(H2,14,18). The van der Waals surface area contributed by atoms with Crippen LogP contribution in [0.1, 0.15) is 12.8 Å². The van der Waals surface area contributed by atoms with Gasteiger partial charge in [0.25, 0.3) is 0 Å². The van der Waals surface area contributed by atoms with Crippen molar-refractivity contribution in [3.63, 3.8) is 0 Å². The Morgan fingerprint density at radius 3 is 2.86 bits per heavy atom. The molecule has 3 aliphatic rings. The van der Waals surface area contributed by atoms with Crippen molar-refractivity contribution in [3.05, 3.63) is 0 Å². The molecule has 3 rings (SSSR count). The van der Waals surface area contributed by atoms with Gasteiger partial charge >= 0.3 is 6.09 Å². The Kier molecular flexibility index (Phi) is 2.79. The number of aliphatic imine (C=N–C) groups is 2. The van der Waals surface area contributed by atoms with Crippen molar-refractivity contribution < 1.29 is 19.7 Å². The Bertz CT molecular complexity index is 547.